The smallest absolute Gasteiger partial charge is 0.180 e. The van der Waals surface area contributed by atoms with Gasteiger partial charge in [0.2, 0.25) is 0 Å². The Kier molecular flexibility index (Phi) is 1.97. The molecule has 2 N–H and O–H groups in total. The zero-order chi connectivity index (χ0) is 10.3. The Labute approximate surface area is 91.5 Å². The number of benzene rings is 1. The van der Waals surface area contributed by atoms with Gasteiger partial charge in [-0.05, 0) is 17.2 Å². The summed E-state index contributed by atoms with van der Waals surface area (Å²) in [5.74, 6) is 0. The van der Waals surface area contributed by atoms with Crippen molar-refractivity contribution in [2.75, 3.05) is 5.73 Å². The van der Waals surface area contributed by atoms with Crippen LogP contribution >= 0.6 is 11.3 Å². The number of fused-ring (bicyclic) bond motifs is 1. The van der Waals surface area contributed by atoms with Gasteiger partial charge in [0.05, 0.1) is 18.9 Å². The lowest BCUT2D eigenvalue weighted by molar-refractivity contribution is 0.134. The number of nitrogens with two attached hydrogens (primary N) is 1. The maximum absolute atomic E-state index is 5.61. The maximum Gasteiger partial charge on any atom is 0.180 e. The van der Waals surface area contributed by atoms with Crippen molar-refractivity contribution in [2.45, 2.75) is 13.2 Å². The van der Waals surface area contributed by atoms with Crippen LogP contribution in [0.5, 0.6) is 0 Å². The summed E-state index contributed by atoms with van der Waals surface area (Å²) in [5, 5.41) is 2.59. The maximum atomic E-state index is 5.61. The predicted molar refractivity (Wildman–Crippen MR) is 60.5 cm³/mol. The summed E-state index contributed by atoms with van der Waals surface area (Å²) < 4.78 is 5.37. The van der Waals surface area contributed by atoms with Gasteiger partial charge in [-0.1, -0.05) is 12.1 Å². The van der Waals surface area contributed by atoms with Crippen LogP contribution in [0.1, 0.15) is 11.1 Å². The minimum absolute atomic E-state index is 0.613. The second-order valence-electron chi connectivity index (χ2n) is 3.55. The van der Waals surface area contributed by atoms with E-state index in [4.69, 9.17) is 10.5 Å². The molecule has 2 aromatic rings. The largest absolute Gasteiger partial charge is 0.375 e. The molecule has 0 bridgehead atoms. The van der Waals surface area contributed by atoms with Gasteiger partial charge < -0.3 is 10.5 Å². The number of hydrogen-bond acceptors (Lipinski definition) is 4. The van der Waals surface area contributed by atoms with Gasteiger partial charge in [-0.15, -0.1) is 11.3 Å². The first kappa shape index (κ1) is 8.88. The van der Waals surface area contributed by atoms with Crippen LogP contribution in [-0.2, 0) is 18.0 Å². The van der Waals surface area contributed by atoms with Gasteiger partial charge >= 0.3 is 0 Å². The number of ether oxygens (including phenoxy) is 1. The lowest BCUT2D eigenvalue weighted by Crippen LogP contribution is -1.86. The summed E-state index contributed by atoms with van der Waals surface area (Å²) in [4.78, 5) is 4.26. The van der Waals surface area contributed by atoms with Gasteiger partial charge in [0.25, 0.3) is 0 Å². The van der Waals surface area contributed by atoms with Crippen LogP contribution in [0.4, 0.5) is 5.13 Å². The average Bonchev–Trinajstić information content (AvgIpc) is 2.84. The Morgan fingerprint density at radius 3 is 2.93 bits per heavy atom. The lowest BCUT2D eigenvalue weighted by atomic mass is 10.1. The summed E-state index contributed by atoms with van der Waals surface area (Å²) in [6.45, 7) is 1.44. The van der Waals surface area contributed by atoms with E-state index in [1.807, 2.05) is 5.38 Å². The Bertz CT molecular complexity index is 507. The van der Waals surface area contributed by atoms with Crippen molar-refractivity contribution in [3.05, 3.63) is 34.7 Å². The van der Waals surface area contributed by atoms with Crippen molar-refractivity contribution in [1.82, 2.24) is 4.98 Å². The minimum atomic E-state index is 0.613. The van der Waals surface area contributed by atoms with E-state index in [0.29, 0.717) is 11.7 Å². The lowest BCUT2D eigenvalue weighted by Gasteiger charge is -2.00. The first-order valence-electron chi connectivity index (χ1n) is 4.74. The molecule has 1 aliphatic rings. The molecule has 2 heterocycles. The van der Waals surface area contributed by atoms with Crippen molar-refractivity contribution >= 4 is 16.5 Å². The number of hydrogen-bond donors (Lipinski definition) is 1. The molecule has 0 aliphatic carbocycles. The fourth-order valence-electron chi connectivity index (χ4n) is 1.75. The minimum Gasteiger partial charge on any atom is -0.375 e. The van der Waals surface area contributed by atoms with Gasteiger partial charge in [-0.2, -0.15) is 0 Å². The monoisotopic (exact) mass is 218 g/mol. The van der Waals surface area contributed by atoms with E-state index < -0.39 is 0 Å². The van der Waals surface area contributed by atoms with Crippen LogP contribution in [-0.4, -0.2) is 4.98 Å². The van der Waals surface area contributed by atoms with Crippen LogP contribution in [0, 0.1) is 0 Å². The topological polar surface area (TPSA) is 48.1 Å². The van der Waals surface area contributed by atoms with E-state index in [-0.39, 0.29) is 0 Å². The van der Waals surface area contributed by atoms with E-state index in [0.717, 1.165) is 17.9 Å². The van der Waals surface area contributed by atoms with Crippen LogP contribution in [0.15, 0.2) is 23.6 Å². The summed E-state index contributed by atoms with van der Waals surface area (Å²) in [5.41, 5.74) is 10.2. The van der Waals surface area contributed by atoms with Crippen LogP contribution in [0.3, 0.4) is 0 Å². The molecule has 0 amide bonds. The molecular weight excluding hydrogens is 208 g/mol. The first-order chi connectivity index (χ1) is 7.33. The molecule has 0 atom stereocenters. The first-order valence-corrected chi connectivity index (χ1v) is 5.62. The van der Waals surface area contributed by atoms with E-state index in [9.17, 15) is 0 Å². The fourth-order valence-corrected chi connectivity index (χ4v) is 2.32. The number of thiazole rings is 1. The zero-order valence-corrected chi connectivity index (χ0v) is 8.88. The van der Waals surface area contributed by atoms with Crippen molar-refractivity contribution in [1.29, 1.82) is 0 Å². The van der Waals surface area contributed by atoms with E-state index in [1.54, 1.807) is 0 Å². The van der Waals surface area contributed by atoms with E-state index >= 15 is 0 Å². The molecule has 1 aromatic carbocycles. The highest BCUT2D eigenvalue weighted by atomic mass is 32.1. The molecule has 1 aromatic heterocycles. The quantitative estimate of drug-likeness (QED) is 0.799. The van der Waals surface area contributed by atoms with Gasteiger partial charge in [0.15, 0.2) is 5.13 Å². The second-order valence-corrected chi connectivity index (χ2v) is 4.44. The number of rotatable bonds is 1. The molecule has 3 nitrogen and oxygen atoms in total. The third kappa shape index (κ3) is 1.52. The summed E-state index contributed by atoms with van der Waals surface area (Å²) >= 11 is 1.47. The van der Waals surface area contributed by atoms with Gasteiger partial charge in [0.1, 0.15) is 0 Å². The standard InChI is InChI=1S/C11H10N2OS/c12-11-13-10(6-15-11)7-1-2-8-4-14-5-9(8)3-7/h1-3,6H,4-5H2,(H2,12,13). The molecule has 15 heavy (non-hydrogen) atoms. The molecule has 0 spiro atoms. The number of anilines is 1. The molecule has 0 saturated carbocycles. The third-order valence-electron chi connectivity index (χ3n) is 2.54. The highest BCUT2D eigenvalue weighted by Gasteiger charge is 2.12. The van der Waals surface area contributed by atoms with E-state index in [2.05, 4.69) is 23.2 Å². The second kappa shape index (κ2) is 3.32. The van der Waals surface area contributed by atoms with E-state index in [1.165, 1.54) is 22.5 Å². The molecular formula is C11H10N2OS. The summed E-state index contributed by atoms with van der Waals surface area (Å²) in [6.07, 6.45) is 0. The average molecular weight is 218 g/mol. The van der Waals surface area contributed by atoms with Crippen LogP contribution < -0.4 is 5.73 Å². The molecule has 0 radical (unpaired) electrons. The van der Waals surface area contributed by atoms with Gasteiger partial charge in [-0.3, -0.25) is 0 Å². The highest BCUT2D eigenvalue weighted by Crippen LogP contribution is 2.28. The number of nitrogen functional groups attached to an aromatic ring is 1. The Morgan fingerprint density at radius 1 is 1.27 bits per heavy atom. The SMILES string of the molecule is Nc1nc(-c2ccc3c(c2)COC3)cs1. The summed E-state index contributed by atoms with van der Waals surface area (Å²) in [6, 6.07) is 6.31. The fraction of sp³-hybridized carbons (Fsp3) is 0.182. The molecule has 0 fully saturated rings. The van der Waals surface area contributed by atoms with Crippen molar-refractivity contribution in [3.8, 4) is 11.3 Å². The van der Waals surface area contributed by atoms with Crippen molar-refractivity contribution < 1.29 is 4.74 Å². The number of nitrogens with zero attached hydrogens (tertiary/aromatic N) is 1. The molecule has 1 aliphatic heterocycles. The zero-order valence-electron chi connectivity index (χ0n) is 8.06. The van der Waals surface area contributed by atoms with Gasteiger partial charge in [0, 0.05) is 10.9 Å². The summed E-state index contributed by atoms with van der Waals surface area (Å²) in [7, 11) is 0. The highest BCUT2D eigenvalue weighted by molar-refractivity contribution is 7.13. The molecule has 4 heteroatoms. The third-order valence-corrected chi connectivity index (χ3v) is 3.21. The Morgan fingerprint density at radius 2 is 2.13 bits per heavy atom. The van der Waals surface area contributed by atoms with Crippen LogP contribution in [0.2, 0.25) is 0 Å². The Balaban J connectivity index is 2.06. The van der Waals surface area contributed by atoms with Crippen LogP contribution in [0.25, 0.3) is 11.3 Å². The normalized spacial score (nSPS) is 14.1. The molecule has 0 saturated heterocycles. The Hall–Kier alpha value is -1.39. The predicted octanol–water partition coefficient (Wildman–Crippen LogP) is 2.42. The van der Waals surface area contributed by atoms with Crippen molar-refractivity contribution in [2.24, 2.45) is 0 Å². The molecule has 0 unspecified atom stereocenters. The number of aromatic nitrogens is 1. The van der Waals surface area contributed by atoms with Crippen molar-refractivity contribution in [3.63, 3.8) is 0 Å². The molecule has 3 rings (SSSR count). The molecule has 76 valence electrons. The van der Waals surface area contributed by atoms with Gasteiger partial charge in [-0.25, -0.2) is 4.98 Å².